The minimum absolute atomic E-state index is 0.0219. The maximum Gasteiger partial charge on any atom is 0.408 e. The minimum atomic E-state index is -1.19. The van der Waals surface area contributed by atoms with Gasteiger partial charge in [0.15, 0.2) is 0 Å². The lowest BCUT2D eigenvalue weighted by molar-refractivity contribution is -0.157. The molecule has 2 heterocycles. The number of carbonyl (C=O) groups is 3. The van der Waals surface area contributed by atoms with E-state index >= 15 is 0 Å². The van der Waals surface area contributed by atoms with E-state index in [-0.39, 0.29) is 18.7 Å². The second-order valence-electron chi connectivity index (χ2n) is 10.3. The number of hydrogen-bond acceptors (Lipinski definition) is 9. The highest BCUT2D eigenvalue weighted by molar-refractivity contribution is 6.12. The van der Waals surface area contributed by atoms with E-state index in [0.717, 1.165) is 42.7 Å². The number of benzene rings is 1. The fourth-order valence-corrected chi connectivity index (χ4v) is 3.80. The Hall–Kier alpha value is -4.41. The molecule has 40 heavy (non-hydrogen) atoms. The predicted molar refractivity (Wildman–Crippen MR) is 153 cm³/mol. The molecule has 1 atom stereocenters. The van der Waals surface area contributed by atoms with Crippen molar-refractivity contribution in [1.29, 1.82) is 0 Å². The normalized spacial score (nSPS) is 14.0. The van der Waals surface area contributed by atoms with Gasteiger partial charge < -0.3 is 31.2 Å². The molecule has 0 unspecified atom stereocenters. The first-order valence-corrected chi connectivity index (χ1v) is 13.3. The van der Waals surface area contributed by atoms with Crippen LogP contribution in [-0.4, -0.2) is 60.4 Å². The van der Waals surface area contributed by atoms with Crippen molar-refractivity contribution in [2.24, 2.45) is 10.7 Å². The average molecular weight is 551 g/mol. The molecule has 1 aliphatic rings. The molecule has 0 spiro atoms. The molecule has 1 aliphatic heterocycles. The van der Waals surface area contributed by atoms with Crippen LogP contribution in [0.15, 0.2) is 59.2 Å². The summed E-state index contributed by atoms with van der Waals surface area (Å²) in [6.45, 7) is 6.22. The maximum absolute atomic E-state index is 12.7. The van der Waals surface area contributed by atoms with Crippen molar-refractivity contribution in [2.75, 3.05) is 25.0 Å². The summed E-state index contributed by atoms with van der Waals surface area (Å²) in [7, 11) is 0. The third-order valence-electron chi connectivity index (χ3n) is 5.78. The van der Waals surface area contributed by atoms with Crippen molar-refractivity contribution in [3.8, 4) is 0 Å². The fraction of sp³-hybridized carbons (Fsp3) is 0.414. The van der Waals surface area contributed by atoms with Gasteiger partial charge in [-0.05, 0) is 50.8 Å². The van der Waals surface area contributed by atoms with Gasteiger partial charge in [0.1, 0.15) is 24.1 Å². The van der Waals surface area contributed by atoms with Crippen molar-refractivity contribution in [2.45, 2.75) is 58.3 Å². The Morgan fingerprint density at radius 2 is 1.95 bits per heavy atom. The largest absolute Gasteiger partial charge is 0.458 e. The second-order valence-corrected chi connectivity index (χ2v) is 10.3. The number of nitrogens with zero attached hydrogens (tertiary/aromatic N) is 2. The number of alkyl carbamates (subject to hydrolysis) is 1. The van der Waals surface area contributed by atoms with Crippen LogP contribution in [0.25, 0.3) is 0 Å². The number of rotatable bonds is 11. The maximum atomic E-state index is 12.7. The van der Waals surface area contributed by atoms with Crippen LogP contribution < -0.4 is 21.7 Å². The number of ether oxygens (including phenoxy) is 2. The number of pyridine rings is 1. The van der Waals surface area contributed by atoms with Gasteiger partial charge in [-0.1, -0.05) is 36.4 Å². The standard InChI is InChI=1S/C29H38N6O5/c1-29(2,3)40-27(37)24(35-28(38)39-19-20-8-5-4-6-9-20)18-33-26(36)22(16-30)17-31-15-13-23-12-11-21-10-7-14-32-25(21)34-23/h4-6,8-9,11-12,16-17,24H,7,10,13-15,18-19,30H2,1-3H3,(H,32,34)(H,33,36)(H,35,38)/t24-/m0/s1. The molecule has 11 heteroatoms. The lowest BCUT2D eigenvalue weighted by atomic mass is 10.1. The number of nitrogens with one attached hydrogen (secondary N) is 3. The van der Waals surface area contributed by atoms with Crippen LogP contribution >= 0.6 is 0 Å². The number of aliphatic imine (C=N–C) groups is 1. The SMILES string of the molecule is CC(C)(C)OC(=O)[C@H](CNC(=O)C(C=NCCc1ccc2c(n1)NCCC2)=CN)NC(=O)OCc1ccccc1. The van der Waals surface area contributed by atoms with Crippen LogP contribution in [-0.2, 0) is 38.5 Å². The first kappa shape index (κ1) is 30.1. The smallest absolute Gasteiger partial charge is 0.408 e. The van der Waals surface area contributed by atoms with E-state index in [0.29, 0.717) is 13.0 Å². The van der Waals surface area contributed by atoms with Gasteiger partial charge in [-0.25, -0.2) is 14.6 Å². The third kappa shape index (κ3) is 10.0. The molecular formula is C29H38N6O5. The van der Waals surface area contributed by atoms with Crippen molar-refractivity contribution in [3.05, 3.63) is 71.1 Å². The van der Waals surface area contributed by atoms with Gasteiger partial charge in [0, 0.05) is 44.2 Å². The zero-order chi connectivity index (χ0) is 29.0. The van der Waals surface area contributed by atoms with Crippen molar-refractivity contribution in [3.63, 3.8) is 0 Å². The molecule has 11 nitrogen and oxygen atoms in total. The first-order chi connectivity index (χ1) is 19.1. The summed E-state index contributed by atoms with van der Waals surface area (Å²) in [5.74, 6) is -0.356. The Bertz CT molecular complexity index is 1220. The summed E-state index contributed by atoms with van der Waals surface area (Å²) in [6.07, 6.45) is 4.39. The highest BCUT2D eigenvalue weighted by Gasteiger charge is 2.28. The molecule has 0 saturated carbocycles. The summed E-state index contributed by atoms with van der Waals surface area (Å²) >= 11 is 0. The molecule has 2 amide bonds. The molecule has 0 radical (unpaired) electrons. The van der Waals surface area contributed by atoms with Crippen LogP contribution in [0.5, 0.6) is 0 Å². The van der Waals surface area contributed by atoms with E-state index < -0.39 is 29.6 Å². The number of fused-ring (bicyclic) bond motifs is 1. The molecule has 0 bridgehead atoms. The average Bonchev–Trinajstić information content (AvgIpc) is 2.93. The number of esters is 1. The Morgan fingerprint density at radius 3 is 2.67 bits per heavy atom. The van der Waals surface area contributed by atoms with Gasteiger partial charge in [-0.15, -0.1) is 0 Å². The Labute approximate surface area is 234 Å². The molecular weight excluding hydrogens is 512 g/mol. The summed E-state index contributed by atoms with van der Waals surface area (Å²) in [6, 6.07) is 12.0. The number of amides is 2. The van der Waals surface area contributed by atoms with Gasteiger partial charge in [-0.2, -0.15) is 0 Å². The second kappa shape index (κ2) is 14.7. The van der Waals surface area contributed by atoms with Crippen molar-refractivity contribution < 1.29 is 23.9 Å². The van der Waals surface area contributed by atoms with E-state index in [1.165, 1.54) is 11.8 Å². The molecule has 0 saturated heterocycles. The van der Waals surface area contributed by atoms with Gasteiger partial charge in [0.25, 0.3) is 5.91 Å². The highest BCUT2D eigenvalue weighted by atomic mass is 16.6. The first-order valence-electron chi connectivity index (χ1n) is 13.3. The number of aromatic nitrogens is 1. The lowest BCUT2D eigenvalue weighted by Gasteiger charge is -2.24. The highest BCUT2D eigenvalue weighted by Crippen LogP contribution is 2.19. The number of carbonyl (C=O) groups excluding carboxylic acids is 3. The van der Waals surface area contributed by atoms with Crippen LogP contribution in [0, 0.1) is 0 Å². The Morgan fingerprint density at radius 1 is 1.18 bits per heavy atom. The number of hydrogen-bond donors (Lipinski definition) is 4. The molecule has 5 N–H and O–H groups in total. The van der Waals surface area contributed by atoms with Gasteiger partial charge in [0.2, 0.25) is 0 Å². The van der Waals surface area contributed by atoms with Crippen LogP contribution in [0.4, 0.5) is 10.6 Å². The molecule has 214 valence electrons. The zero-order valence-corrected chi connectivity index (χ0v) is 23.2. The quantitative estimate of drug-likeness (QED) is 0.189. The van der Waals surface area contributed by atoms with E-state index in [1.54, 1.807) is 20.8 Å². The number of anilines is 1. The molecule has 1 aromatic heterocycles. The van der Waals surface area contributed by atoms with Crippen molar-refractivity contribution >= 4 is 30.0 Å². The monoisotopic (exact) mass is 550 g/mol. The van der Waals surface area contributed by atoms with Gasteiger partial charge >= 0.3 is 12.1 Å². The minimum Gasteiger partial charge on any atom is -0.458 e. The van der Waals surface area contributed by atoms with Crippen LogP contribution in [0.3, 0.4) is 0 Å². The van der Waals surface area contributed by atoms with Gasteiger partial charge in [-0.3, -0.25) is 9.79 Å². The lowest BCUT2D eigenvalue weighted by Crippen LogP contribution is -2.50. The van der Waals surface area contributed by atoms with Gasteiger partial charge in [0.05, 0.1) is 5.57 Å². The Balaban J connectivity index is 1.52. The molecule has 0 aliphatic carbocycles. The fourth-order valence-electron chi connectivity index (χ4n) is 3.80. The summed E-state index contributed by atoms with van der Waals surface area (Å²) < 4.78 is 10.6. The van der Waals surface area contributed by atoms with Crippen LogP contribution in [0.1, 0.15) is 44.0 Å². The molecule has 0 fully saturated rings. The molecule has 2 aromatic rings. The molecule has 1 aromatic carbocycles. The van der Waals surface area contributed by atoms with Crippen LogP contribution in [0.2, 0.25) is 0 Å². The van der Waals surface area contributed by atoms with E-state index in [2.05, 4.69) is 32.0 Å². The molecule has 3 rings (SSSR count). The van der Waals surface area contributed by atoms with Crippen molar-refractivity contribution in [1.82, 2.24) is 15.6 Å². The third-order valence-corrected chi connectivity index (χ3v) is 5.78. The summed E-state index contributed by atoms with van der Waals surface area (Å²) in [5, 5.41) is 8.38. The van der Waals surface area contributed by atoms with E-state index in [1.807, 2.05) is 36.4 Å². The Kier molecular flexibility index (Phi) is 11.0. The summed E-state index contributed by atoms with van der Waals surface area (Å²) in [4.78, 5) is 46.8. The topological polar surface area (TPSA) is 157 Å². The number of nitrogens with two attached hydrogens (primary N) is 1. The zero-order valence-electron chi connectivity index (χ0n) is 23.2. The number of aryl methyl sites for hydroxylation is 1. The van der Waals surface area contributed by atoms with E-state index in [9.17, 15) is 14.4 Å². The van der Waals surface area contributed by atoms with E-state index in [4.69, 9.17) is 15.2 Å². The summed E-state index contributed by atoms with van der Waals surface area (Å²) in [5.41, 5.74) is 7.86. The predicted octanol–water partition coefficient (Wildman–Crippen LogP) is 2.65.